The molecular formula is C42H25N3O. The highest BCUT2D eigenvalue weighted by molar-refractivity contribution is 6.21. The number of benzene rings is 7. The van der Waals surface area contributed by atoms with Gasteiger partial charge in [0, 0.05) is 38.1 Å². The summed E-state index contributed by atoms with van der Waals surface area (Å²) in [5, 5.41) is 8.10. The molecule has 0 N–H and O–H groups in total. The zero-order valence-electron chi connectivity index (χ0n) is 24.7. The molecule has 46 heavy (non-hydrogen) atoms. The van der Waals surface area contributed by atoms with E-state index < -0.39 is 0 Å². The van der Waals surface area contributed by atoms with E-state index in [-0.39, 0.29) is 0 Å². The largest absolute Gasteiger partial charge is 0.455 e. The summed E-state index contributed by atoms with van der Waals surface area (Å²) in [7, 11) is 0. The van der Waals surface area contributed by atoms with Gasteiger partial charge in [0.25, 0.3) is 0 Å². The van der Waals surface area contributed by atoms with Crippen LogP contribution in [-0.2, 0) is 0 Å². The van der Waals surface area contributed by atoms with Crippen molar-refractivity contribution in [3.8, 4) is 28.3 Å². The number of rotatable bonds is 3. The standard InChI is InChI=1S/C42H25N3O/c1-2-14-29-26(11-1)23-24-37-39(29)34-17-4-7-21-36(34)45(37)42-43-35-20-6-3-16-33(35)40(44-42)28-13-9-12-27(25-28)30-18-10-19-32-31-15-5-8-22-38(31)46-41(30)32/h1-25H. The molecule has 0 saturated heterocycles. The van der Waals surface area contributed by atoms with Gasteiger partial charge in [-0.05, 0) is 46.7 Å². The minimum absolute atomic E-state index is 0.653. The summed E-state index contributed by atoms with van der Waals surface area (Å²) >= 11 is 0. The molecule has 3 heterocycles. The van der Waals surface area contributed by atoms with Crippen molar-refractivity contribution in [1.82, 2.24) is 14.5 Å². The van der Waals surface area contributed by atoms with Gasteiger partial charge in [-0.1, -0.05) is 121 Å². The minimum Gasteiger partial charge on any atom is -0.455 e. The fourth-order valence-electron chi connectivity index (χ4n) is 7.15. The highest BCUT2D eigenvalue weighted by Crippen LogP contribution is 2.39. The van der Waals surface area contributed by atoms with Crippen molar-refractivity contribution in [2.45, 2.75) is 0 Å². The van der Waals surface area contributed by atoms with Crippen LogP contribution in [0.15, 0.2) is 156 Å². The lowest BCUT2D eigenvalue weighted by Gasteiger charge is -2.13. The Kier molecular flexibility index (Phi) is 5.25. The molecule has 7 aromatic carbocycles. The number of fused-ring (bicyclic) bond motifs is 9. The minimum atomic E-state index is 0.653. The molecule has 0 aliphatic heterocycles. The second-order valence-corrected chi connectivity index (χ2v) is 11.8. The molecule has 3 aromatic heterocycles. The maximum Gasteiger partial charge on any atom is 0.235 e. The number of nitrogens with zero attached hydrogens (tertiary/aromatic N) is 3. The van der Waals surface area contributed by atoms with Crippen LogP contribution in [0.4, 0.5) is 0 Å². The Hall–Kier alpha value is -6.26. The lowest BCUT2D eigenvalue weighted by atomic mass is 9.98. The Morgan fingerprint density at radius 2 is 1.20 bits per heavy atom. The van der Waals surface area contributed by atoms with E-state index in [2.05, 4.69) is 138 Å². The molecule has 0 aliphatic rings. The molecule has 0 amide bonds. The summed E-state index contributed by atoms with van der Waals surface area (Å²) in [4.78, 5) is 10.5. The fraction of sp³-hybridized carbons (Fsp3) is 0. The summed E-state index contributed by atoms with van der Waals surface area (Å²) < 4.78 is 8.62. The molecule has 10 rings (SSSR count). The van der Waals surface area contributed by atoms with E-state index in [0.717, 1.165) is 66.3 Å². The molecule has 4 nitrogen and oxygen atoms in total. The first-order valence-corrected chi connectivity index (χ1v) is 15.5. The first-order chi connectivity index (χ1) is 22.8. The van der Waals surface area contributed by atoms with Crippen molar-refractivity contribution in [3.05, 3.63) is 152 Å². The highest BCUT2D eigenvalue weighted by atomic mass is 16.3. The average Bonchev–Trinajstić information content (AvgIpc) is 3.67. The molecule has 0 fully saturated rings. The summed E-state index contributed by atoms with van der Waals surface area (Å²) in [6.07, 6.45) is 0. The topological polar surface area (TPSA) is 43.9 Å². The quantitative estimate of drug-likeness (QED) is 0.207. The van der Waals surface area contributed by atoms with Gasteiger partial charge in [0.1, 0.15) is 11.2 Å². The molecule has 0 unspecified atom stereocenters. The van der Waals surface area contributed by atoms with Crippen LogP contribution in [0.1, 0.15) is 0 Å². The van der Waals surface area contributed by atoms with Crippen LogP contribution in [-0.4, -0.2) is 14.5 Å². The van der Waals surface area contributed by atoms with Crippen molar-refractivity contribution in [2.24, 2.45) is 0 Å². The molecular weight excluding hydrogens is 562 g/mol. The Morgan fingerprint density at radius 3 is 2.13 bits per heavy atom. The molecule has 0 saturated carbocycles. The maximum absolute atomic E-state index is 6.41. The molecule has 0 spiro atoms. The van der Waals surface area contributed by atoms with Crippen LogP contribution < -0.4 is 0 Å². The van der Waals surface area contributed by atoms with E-state index in [0.29, 0.717) is 5.95 Å². The third kappa shape index (κ3) is 3.61. The normalized spacial score (nSPS) is 11.9. The van der Waals surface area contributed by atoms with E-state index in [4.69, 9.17) is 14.4 Å². The van der Waals surface area contributed by atoms with E-state index in [1.54, 1.807) is 0 Å². The Morgan fingerprint density at radius 1 is 0.478 bits per heavy atom. The van der Waals surface area contributed by atoms with Gasteiger partial charge in [-0.25, -0.2) is 9.97 Å². The number of aromatic nitrogens is 3. The first-order valence-electron chi connectivity index (χ1n) is 15.5. The van der Waals surface area contributed by atoms with Crippen LogP contribution in [0, 0.1) is 0 Å². The van der Waals surface area contributed by atoms with E-state index in [9.17, 15) is 0 Å². The Labute approximate surface area is 263 Å². The molecule has 0 aliphatic carbocycles. The van der Waals surface area contributed by atoms with Gasteiger partial charge in [-0.3, -0.25) is 4.57 Å². The molecule has 4 heteroatoms. The fourth-order valence-corrected chi connectivity index (χ4v) is 7.15. The van der Waals surface area contributed by atoms with Crippen LogP contribution in [0.5, 0.6) is 0 Å². The highest BCUT2D eigenvalue weighted by Gasteiger charge is 2.19. The van der Waals surface area contributed by atoms with Gasteiger partial charge >= 0.3 is 0 Å². The molecule has 0 bridgehead atoms. The third-order valence-corrected chi connectivity index (χ3v) is 9.20. The maximum atomic E-state index is 6.41. The van der Waals surface area contributed by atoms with Crippen LogP contribution in [0.25, 0.3) is 93.8 Å². The SMILES string of the molecule is c1cc(-c2nc(-n3c4ccccc4c4c5ccccc5ccc43)nc3ccccc23)cc(-c2cccc3c2oc2ccccc23)c1. The van der Waals surface area contributed by atoms with Crippen molar-refractivity contribution >= 4 is 65.4 Å². The van der Waals surface area contributed by atoms with Crippen molar-refractivity contribution in [1.29, 1.82) is 0 Å². The number of furan rings is 1. The van der Waals surface area contributed by atoms with Gasteiger partial charge in [-0.15, -0.1) is 0 Å². The summed E-state index contributed by atoms with van der Waals surface area (Å²) in [6, 6.07) is 53.0. The van der Waals surface area contributed by atoms with E-state index in [1.807, 2.05) is 18.2 Å². The molecule has 10 aromatic rings. The molecule has 0 radical (unpaired) electrons. The predicted octanol–water partition coefficient (Wildman–Crippen LogP) is 11.1. The van der Waals surface area contributed by atoms with E-state index >= 15 is 0 Å². The average molecular weight is 588 g/mol. The Balaban J connectivity index is 1.23. The van der Waals surface area contributed by atoms with Crippen molar-refractivity contribution < 1.29 is 4.42 Å². The Bertz CT molecular complexity index is 2820. The van der Waals surface area contributed by atoms with Crippen molar-refractivity contribution in [2.75, 3.05) is 0 Å². The summed E-state index contributed by atoms with van der Waals surface area (Å²) in [6.45, 7) is 0. The summed E-state index contributed by atoms with van der Waals surface area (Å²) in [5.74, 6) is 0.653. The lowest BCUT2D eigenvalue weighted by molar-refractivity contribution is 0.670. The zero-order valence-corrected chi connectivity index (χ0v) is 24.7. The monoisotopic (exact) mass is 587 g/mol. The van der Waals surface area contributed by atoms with Gasteiger partial charge in [0.05, 0.1) is 22.2 Å². The number of hydrogen-bond donors (Lipinski definition) is 0. The van der Waals surface area contributed by atoms with Gasteiger partial charge in [0.2, 0.25) is 5.95 Å². The zero-order chi connectivity index (χ0) is 30.2. The predicted molar refractivity (Wildman–Crippen MR) is 190 cm³/mol. The van der Waals surface area contributed by atoms with Crippen LogP contribution in [0.3, 0.4) is 0 Å². The summed E-state index contributed by atoms with van der Waals surface area (Å²) in [5.41, 5.74) is 8.92. The number of hydrogen-bond acceptors (Lipinski definition) is 3. The van der Waals surface area contributed by atoms with Crippen LogP contribution >= 0.6 is 0 Å². The second-order valence-electron chi connectivity index (χ2n) is 11.8. The van der Waals surface area contributed by atoms with Crippen molar-refractivity contribution in [3.63, 3.8) is 0 Å². The first kappa shape index (κ1) is 25.1. The number of para-hydroxylation sites is 4. The molecule has 0 atom stereocenters. The second kappa shape index (κ2) is 9.62. The smallest absolute Gasteiger partial charge is 0.235 e. The van der Waals surface area contributed by atoms with Gasteiger partial charge in [0.15, 0.2) is 0 Å². The van der Waals surface area contributed by atoms with Gasteiger partial charge in [-0.2, -0.15) is 0 Å². The van der Waals surface area contributed by atoms with E-state index in [1.165, 1.54) is 21.5 Å². The third-order valence-electron chi connectivity index (χ3n) is 9.20. The lowest BCUT2D eigenvalue weighted by Crippen LogP contribution is -2.03. The van der Waals surface area contributed by atoms with Gasteiger partial charge < -0.3 is 4.42 Å². The molecule has 214 valence electrons. The van der Waals surface area contributed by atoms with Crippen LogP contribution in [0.2, 0.25) is 0 Å².